The van der Waals surface area contributed by atoms with E-state index in [9.17, 15) is 4.79 Å². The van der Waals surface area contributed by atoms with Crippen molar-refractivity contribution in [3.63, 3.8) is 0 Å². The van der Waals surface area contributed by atoms with Gasteiger partial charge in [0.15, 0.2) is 0 Å². The Morgan fingerprint density at radius 3 is 2.71 bits per heavy atom. The number of morpholine rings is 1. The molecule has 0 radical (unpaired) electrons. The minimum absolute atomic E-state index is 0.0417. The first-order valence-corrected chi connectivity index (χ1v) is 10.3. The number of fused-ring (bicyclic) bond motifs is 1. The van der Waals surface area contributed by atoms with Crippen LogP contribution >= 0.6 is 11.6 Å². The first-order valence-electron chi connectivity index (χ1n) is 9.92. The zero-order valence-corrected chi connectivity index (χ0v) is 16.7. The molecule has 0 saturated carbocycles. The molecule has 0 spiro atoms. The van der Waals surface area contributed by atoms with Crippen LogP contribution in [0, 0.1) is 0 Å². The van der Waals surface area contributed by atoms with E-state index in [1.165, 1.54) is 11.1 Å². The minimum atomic E-state index is -0.172. The van der Waals surface area contributed by atoms with E-state index in [2.05, 4.69) is 27.7 Å². The van der Waals surface area contributed by atoms with Crippen LogP contribution < -0.4 is 10.6 Å². The van der Waals surface area contributed by atoms with Crippen LogP contribution in [0.5, 0.6) is 0 Å². The van der Waals surface area contributed by atoms with Gasteiger partial charge in [-0.15, -0.1) is 0 Å². The molecule has 0 aromatic heterocycles. The highest BCUT2D eigenvalue weighted by Crippen LogP contribution is 2.32. The Balaban J connectivity index is 1.27. The average molecular weight is 400 g/mol. The largest absolute Gasteiger partial charge is 0.379 e. The lowest BCUT2D eigenvalue weighted by molar-refractivity contribution is 0.0384. The van der Waals surface area contributed by atoms with Crippen LogP contribution in [-0.4, -0.2) is 43.8 Å². The number of carbonyl (C=O) groups is 1. The molecule has 0 bridgehead atoms. The Hall–Kier alpha value is -2.08. The third-order valence-corrected chi connectivity index (χ3v) is 5.76. The van der Waals surface area contributed by atoms with Crippen LogP contribution in [0.1, 0.15) is 29.2 Å². The average Bonchev–Trinajstić information content (AvgIpc) is 3.10. The Labute approximate surface area is 171 Å². The van der Waals surface area contributed by atoms with Crippen LogP contribution in [0.4, 0.5) is 10.5 Å². The maximum atomic E-state index is 12.4. The predicted molar refractivity (Wildman–Crippen MR) is 112 cm³/mol. The highest BCUT2D eigenvalue weighted by molar-refractivity contribution is 6.30. The van der Waals surface area contributed by atoms with Gasteiger partial charge in [0, 0.05) is 30.3 Å². The van der Waals surface area contributed by atoms with Crippen molar-refractivity contribution < 1.29 is 9.53 Å². The van der Waals surface area contributed by atoms with Crippen molar-refractivity contribution in [1.82, 2.24) is 10.2 Å². The Kier molecular flexibility index (Phi) is 6.15. The molecule has 5 nitrogen and oxygen atoms in total. The number of aryl methyl sites for hydroxylation is 1. The van der Waals surface area contributed by atoms with E-state index in [0.717, 1.165) is 68.4 Å². The number of carbonyl (C=O) groups excluding carboxylic acids is 1. The van der Waals surface area contributed by atoms with Gasteiger partial charge in [0.05, 0.1) is 19.3 Å². The topological polar surface area (TPSA) is 53.6 Å². The normalized spacial score (nSPS) is 19.2. The SMILES string of the molecule is O=C(Nc1ccc(CCN2CCOCC2)cc1)N[C@@H]1CCc2cc(Cl)ccc21. The van der Waals surface area contributed by atoms with Crippen molar-refractivity contribution in [2.24, 2.45) is 0 Å². The van der Waals surface area contributed by atoms with Crippen molar-refractivity contribution in [3.05, 3.63) is 64.2 Å². The van der Waals surface area contributed by atoms with Gasteiger partial charge >= 0.3 is 6.03 Å². The molecular formula is C22H26ClN3O2. The Morgan fingerprint density at radius 2 is 1.93 bits per heavy atom. The Morgan fingerprint density at radius 1 is 1.14 bits per heavy atom. The first kappa shape index (κ1) is 19.2. The predicted octanol–water partition coefficient (Wildman–Crippen LogP) is 4.02. The molecule has 1 atom stereocenters. The molecule has 28 heavy (non-hydrogen) atoms. The van der Waals surface area contributed by atoms with Crippen LogP contribution in [-0.2, 0) is 17.6 Å². The fourth-order valence-corrected chi connectivity index (χ4v) is 4.12. The summed E-state index contributed by atoms with van der Waals surface area (Å²) < 4.78 is 5.38. The summed E-state index contributed by atoms with van der Waals surface area (Å²) in [5.74, 6) is 0. The van der Waals surface area contributed by atoms with Gasteiger partial charge in [0.2, 0.25) is 0 Å². The summed E-state index contributed by atoms with van der Waals surface area (Å²) >= 11 is 6.06. The first-order chi connectivity index (χ1) is 13.7. The van der Waals surface area contributed by atoms with E-state index in [1.807, 2.05) is 30.3 Å². The standard InChI is InChI=1S/C22H26ClN3O2/c23-18-4-7-20-17(15-18)3-8-21(20)25-22(27)24-19-5-1-16(2-6-19)9-10-26-11-13-28-14-12-26/h1-2,4-7,15,21H,3,8-14H2,(H2,24,25,27)/t21-/m1/s1. The van der Waals surface area contributed by atoms with Gasteiger partial charge in [-0.1, -0.05) is 29.8 Å². The number of halogens is 1. The molecule has 1 aliphatic carbocycles. The number of rotatable bonds is 5. The number of nitrogens with zero attached hydrogens (tertiary/aromatic N) is 1. The van der Waals surface area contributed by atoms with E-state index >= 15 is 0 Å². The third kappa shape index (κ3) is 4.85. The summed E-state index contributed by atoms with van der Waals surface area (Å²) in [6.45, 7) is 4.72. The van der Waals surface area contributed by atoms with E-state index in [1.54, 1.807) is 0 Å². The number of nitrogens with one attached hydrogen (secondary N) is 2. The number of amides is 2. The van der Waals surface area contributed by atoms with Crippen LogP contribution in [0.15, 0.2) is 42.5 Å². The second-order valence-electron chi connectivity index (χ2n) is 7.43. The van der Waals surface area contributed by atoms with Gasteiger partial charge in [-0.25, -0.2) is 4.79 Å². The van der Waals surface area contributed by atoms with Gasteiger partial charge in [-0.05, 0) is 60.2 Å². The zero-order chi connectivity index (χ0) is 19.3. The lowest BCUT2D eigenvalue weighted by Crippen LogP contribution is -2.37. The summed E-state index contributed by atoms with van der Waals surface area (Å²) in [6.07, 6.45) is 2.86. The van der Waals surface area contributed by atoms with Gasteiger partial charge in [-0.3, -0.25) is 4.90 Å². The van der Waals surface area contributed by atoms with Gasteiger partial charge in [-0.2, -0.15) is 0 Å². The second-order valence-corrected chi connectivity index (χ2v) is 7.87. The number of benzene rings is 2. The van der Waals surface area contributed by atoms with Crippen molar-refractivity contribution in [2.75, 3.05) is 38.2 Å². The van der Waals surface area contributed by atoms with Crippen LogP contribution in [0.3, 0.4) is 0 Å². The van der Waals surface area contributed by atoms with Gasteiger partial charge in [0.1, 0.15) is 0 Å². The molecule has 6 heteroatoms. The van der Waals surface area contributed by atoms with Crippen LogP contribution in [0.2, 0.25) is 5.02 Å². The highest BCUT2D eigenvalue weighted by Gasteiger charge is 2.24. The highest BCUT2D eigenvalue weighted by atomic mass is 35.5. The third-order valence-electron chi connectivity index (χ3n) is 5.52. The fourth-order valence-electron chi connectivity index (χ4n) is 3.93. The summed E-state index contributed by atoms with van der Waals surface area (Å²) in [7, 11) is 0. The van der Waals surface area contributed by atoms with Crippen molar-refractivity contribution in [3.8, 4) is 0 Å². The molecule has 1 fully saturated rings. The lowest BCUT2D eigenvalue weighted by Gasteiger charge is -2.26. The molecule has 2 aliphatic rings. The van der Waals surface area contributed by atoms with E-state index in [4.69, 9.17) is 16.3 Å². The molecule has 0 unspecified atom stereocenters. The Bertz CT molecular complexity index is 819. The van der Waals surface area contributed by atoms with Crippen molar-refractivity contribution in [1.29, 1.82) is 0 Å². The maximum absolute atomic E-state index is 12.4. The second kappa shape index (κ2) is 8.95. The number of anilines is 1. The molecule has 2 N–H and O–H groups in total. The molecule has 2 aromatic rings. The monoisotopic (exact) mass is 399 g/mol. The van der Waals surface area contributed by atoms with Gasteiger partial charge in [0.25, 0.3) is 0 Å². The number of ether oxygens (including phenoxy) is 1. The molecule has 148 valence electrons. The molecular weight excluding hydrogens is 374 g/mol. The van der Waals surface area contributed by atoms with Crippen LogP contribution in [0.25, 0.3) is 0 Å². The minimum Gasteiger partial charge on any atom is -0.379 e. The van der Waals surface area contributed by atoms with E-state index < -0.39 is 0 Å². The fraction of sp³-hybridized carbons (Fsp3) is 0.409. The zero-order valence-electron chi connectivity index (χ0n) is 15.9. The molecule has 1 aliphatic heterocycles. The molecule has 1 saturated heterocycles. The van der Waals surface area contributed by atoms with E-state index in [-0.39, 0.29) is 12.1 Å². The quantitative estimate of drug-likeness (QED) is 0.798. The number of urea groups is 1. The lowest BCUT2D eigenvalue weighted by atomic mass is 10.1. The molecule has 2 amide bonds. The molecule has 2 aromatic carbocycles. The summed E-state index contributed by atoms with van der Waals surface area (Å²) in [4.78, 5) is 14.8. The smallest absolute Gasteiger partial charge is 0.319 e. The maximum Gasteiger partial charge on any atom is 0.319 e. The van der Waals surface area contributed by atoms with Gasteiger partial charge < -0.3 is 15.4 Å². The molecule has 1 heterocycles. The van der Waals surface area contributed by atoms with E-state index in [0.29, 0.717) is 0 Å². The summed E-state index contributed by atoms with van der Waals surface area (Å²) in [6, 6.07) is 13.9. The molecule has 4 rings (SSSR count). The number of hydrogen-bond donors (Lipinski definition) is 2. The van der Waals surface area contributed by atoms with Crippen molar-refractivity contribution >= 4 is 23.3 Å². The number of hydrogen-bond acceptors (Lipinski definition) is 3. The summed E-state index contributed by atoms with van der Waals surface area (Å²) in [5.41, 5.74) is 4.47. The van der Waals surface area contributed by atoms with Crippen molar-refractivity contribution in [2.45, 2.75) is 25.3 Å². The summed E-state index contributed by atoms with van der Waals surface area (Å²) in [5, 5.41) is 6.76.